The van der Waals surface area contributed by atoms with E-state index < -0.39 is 0 Å². The van der Waals surface area contributed by atoms with Gasteiger partial charge in [0.2, 0.25) is 5.91 Å². The molecule has 4 nitrogen and oxygen atoms in total. The van der Waals surface area contributed by atoms with Crippen molar-refractivity contribution in [3.05, 3.63) is 64.7 Å². The normalized spacial score (nSPS) is 10.7. The molecule has 0 aliphatic carbocycles. The Balaban J connectivity index is 1.98. The number of rotatable bonds is 6. The second-order valence-electron chi connectivity index (χ2n) is 5.37. The molecule has 0 saturated heterocycles. The molecule has 0 fully saturated rings. The lowest BCUT2D eigenvalue weighted by atomic mass is 10.0. The van der Waals surface area contributed by atoms with Crippen LogP contribution < -0.4 is 10.2 Å². The van der Waals surface area contributed by atoms with Gasteiger partial charge in [-0.05, 0) is 44.0 Å². The summed E-state index contributed by atoms with van der Waals surface area (Å²) in [4.78, 5) is 12.0. The second-order valence-corrected chi connectivity index (χ2v) is 5.37. The van der Waals surface area contributed by atoms with E-state index in [1.165, 1.54) is 0 Å². The molecule has 0 aliphatic heterocycles. The number of hydrogen-bond acceptors (Lipinski definition) is 3. The second kappa shape index (κ2) is 8.13. The van der Waals surface area contributed by atoms with Crippen LogP contribution in [-0.2, 0) is 11.2 Å². The Kier molecular flexibility index (Phi) is 5.92. The molecular weight excluding hydrogens is 288 g/mol. The number of ether oxygens (including phenoxy) is 1. The summed E-state index contributed by atoms with van der Waals surface area (Å²) in [5, 5.41) is 4.03. The maximum absolute atomic E-state index is 12.0. The molecule has 0 saturated carbocycles. The third kappa shape index (κ3) is 4.95. The van der Waals surface area contributed by atoms with Crippen LogP contribution in [0.25, 0.3) is 0 Å². The fourth-order valence-corrected chi connectivity index (χ4v) is 2.25. The minimum Gasteiger partial charge on any atom is -0.493 e. The minimum atomic E-state index is -0.135. The molecule has 0 aliphatic rings. The van der Waals surface area contributed by atoms with Gasteiger partial charge in [0.05, 0.1) is 19.2 Å². The molecule has 1 N–H and O–H groups in total. The van der Waals surface area contributed by atoms with E-state index in [0.717, 1.165) is 28.0 Å². The van der Waals surface area contributed by atoms with Crippen LogP contribution >= 0.6 is 0 Å². The molecule has 0 aromatic heterocycles. The zero-order valence-electron chi connectivity index (χ0n) is 13.8. The van der Waals surface area contributed by atoms with Crippen LogP contribution in [0.15, 0.2) is 47.6 Å². The van der Waals surface area contributed by atoms with Crippen molar-refractivity contribution in [1.82, 2.24) is 5.43 Å². The van der Waals surface area contributed by atoms with Gasteiger partial charge in [-0.1, -0.05) is 35.9 Å². The van der Waals surface area contributed by atoms with Gasteiger partial charge >= 0.3 is 0 Å². The van der Waals surface area contributed by atoms with Crippen molar-refractivity contribution in [2.45, 2.75) is 27.2 Å². The first-order chi connectivity index (χ1) is 11.1. The first-order valence-electron chi connectivity index (χ1n) is 7.70. The Hall–Kier alpha value is -2.62. The highest BCUT2D eigenvalue weighted by molar-refractivity contribution is 5.85. The Labute approximate surface area is 137 Å². The van der Waals surface area contributed by atoms with Crippen molar-refractivity contribution in [3.8, 4) is 5.75 Å². The van der Waals surface area contributed by atoms with Gasteiger partial charge in [0, 0.05) is 5.56 Å². The van der Waals surface area contributed by atoms with E-state index in [2.05, 4.69) is 10.5 Å². The van der Waals surface area contributed by atoms with E-state index in [1.807, 2.05) is 63.2 Å². The Morgan fingerprint density at radius 1 is 1.22 bits per heavy atom. The number of carbonyl (C=O) groups excluding carboxylic acids is 1. The van der Waals surface area contributed by atoms with Crippen LogP contribution in [0, 0.1) is 13.8 Å². The number of benzene rings is 2. The van der Waals surface area contributed by atoms with Gasteiger partial charge in [0.1, 0.15) is 5.75 Å². The molecule has 0 radical (unpaired) electrons. The number of hydrogen-bond donors (Lipinski definition) is 1. The average Bonchev–Trinajstić information content (AvgIpc) is 2.53. The molecule has 23 heavy (non-hydrogen) atoms. The first-order valence-corrected chi connectivity index (χ1v) is 7.70. The fraction of sp³-hybridized carbons (Fsp3) is 0.263. The number of aryl methyl sites for hydroxylation is 2. The molecule has 2 aromatic carbocycles. The van der Waals surface area contributed by atoms with E-state index in [4.69, 9.17) is 4.74 Å². The molecular formula is C19H22N2O2. The topological polar surface area (TPSA) is 50.7 Å². The van der Waals surface area contributed by atoms with Crippen LogP contribution in [0.2, 0.25) is 0 Å². The molecule has 2 rings (SSSR count). The summed E-state index contributed by atoms with van der Waals surface area (Å²) >= 11 is 0. The van der Waals surface area contributed by atoms with Gasteiger partial charge in [-0.25, -0.2) is 5.43 Å². The van der Waals surface area contributed by atoms with Gasteiger partial charge < -0.3 is 4.74 Å². The third-order valence-electron chi connectivity index (χ3n) is 3.47. The SMILES string of the molecule is CCOc1ccccc1/C=N/NC(=O)Cc1cc(C)ccc1C. The standard InChI is InChI=1S/C19H22N2O2/c1-4-23-18-8-6-5-7-16(18)13-20-21-19(22)12-17-11-14(2)9-10-15(17)3/h5-11,13H,4,12H2,1-3H3,(H,21,22)/b20-13+. The lowest BCUT2D eigenvalue weighted by Gasteiger charge is -2.07. The molecule has 0 heterocycles. The maximum Gasteiger partial charge on any atom is 0.244 e. The smallest absolute Gasteiger partial charge is 0.244 e. The van der Waals surface area contributed by atoms with Gasteiger partial charge in [-0.15, -0.1) is 0 Å². The lowest BCUT2D eigenvalue weighted by molar-refractivity contribution is -0.120. The molecule has 1 amide bonds. The molecule has 120 valence electrons. The molecule has 0 atom stereocenters. The molecule has 4 heteroatoms. The minimum absolute atomic E-state index is 0.135. The van der Waals surface area contributed by atoms with Crippen molar-refractivity contribution < 1.29 is 9.53 Å². The van der Waals surface area contributed by atoms with Crippen molar-refractivity contribution in [2.75, 3.05) is 6.61 Å². The number of hydrazone groups is 1. The van der Waals surface area contributed by atoms with Crippen molar-refractivity contribution in [3.63, 3.8) is 0 Å². The van der Waals surface area contributed by atoms with Crippen LogP contribution in [0.1, 0.15) is 29.2 Å². The van der Waals surface area contributed by atoms with Gasteiger partial charge in [0.25, 0.3) is 0 Å². The van der Waals surface area contributed by atoms with E-state index in [0.29, 0.717) is 13.0 Å². The highest BCUT2D eigenvalue weighted by Gasteiger charge is 2.05. The highest BCUT2D eigenvalue weighted by atomic mass is 16.5. The predicted molar refractivity (Wildman–Crippen MR) is 93.0 cm³/mol. The summed E-state index contributed by atoms with van der Waals surface area (Å²) in [6, 6.07) is 13.7. The predicted octanol–water partition coefficient (Wildman–Crippen LogP) is 3.39. The van der Waals surface area contributed by atoms with Crippen molar-refractivity contribution in [2.24, 2.45) is 5.10 Å². The van der Waals surface area contributed by atoms with Crippen molar-refractivity contribution >= 4 is 12.1 Å². The zero-order valence-corrected chi connectivity index (χ0v) is 13.8. The number of amides is 1. The number of para-hydroxylation sites is 1. The summed E-state index contributed by atoms with van der Waals surface area (Å²) in [6.07, 6.45) is 1.92. The number of nitrogens with one attached hydrogen (secondary N) is 1. The molecule has 0 bridgehead atoms. The van der Waals surface area contributed by atoms with E-state index in [-0.39, 0.29) is 5.91 Å². The maximum atomic E-state index is 12.0. The highest BCUT2D eigenvalue weighted by Crippen LogP contribution is 2.15. The Bertz CT molecular complexity index is 708. The molecule has 0 spiro atoms. The van der Waals surface area contributed by atoms with Crippen LogP contribution in [-0.4, -0.2) is 18.7 Å². The Morgan fingerprint density at radius 3 is 2.78 bits per heavy atom. The fourth-order valence-electron chi connectivity index (χ4n) is 2.25. The van der Waals surface area contributed by atoms with Gasteiger partial charge in [-0.2, -0.15) is 5.10 Å². The summed E-state index contributed by atoms with van der Waals surface area (Å²) in [5.74, 6) is 0.617. The molecule has 0 unspecified atom stereocenters. The van der Waals surface area contributed by atoms with Crippen molar-refractivity contribution in [1.29, 1.82) is 0 Å². The Morgan fingerprint density at radius 2 is 2.00 bits per heavy atom. The zero-order chi connectivity index (χ0) is 16.7. The summed E-state index contributed by atoms with van der Waals surface area (Å²) < 4.78 is 5.52. The van der Waals surface area contributed by atoms with E-state index in [9.17, 15) is 4.79 Å². The van der Waals surface area contributed by atoms with Crippen LogP contribution in [0.3, 0.4) is 0 Å². The van der Waals surface area contributed by atoms with Crippen LogP contribution in [0.5, 0.6) is 5.75 Å². The van der Waals surface area contributed by atoms with Gasteiger partial charge in [0.15, 0.2) is 0 Å². The average molecular weight is 310 g/mol. The van der Waals surface area contributed by atoms with Crippen LogP contribution in [0.4, 0.5) is 0 Å². The van der Waals surface area contributed by atoms with E-state index in [1.54, 1.807) is 6.21 Å². The summed E-state index contributed by atoms with van der Waals surface area (Å²) in [6.45, 7) is 6.54. The number of carbonyl (C=O) groups is 1. The van der Waals surface area contributed by atoms with Gasteiger partial charge in [-0.3, -0.25) is 4.79 Å². The lowest BCUT2D eigenvalue weighted by Crippen LogP contribution is -2.20. The summed E-state index contributed by atoms with van der Waals surface area (Å²) in [5.41, 5.74) is 6.68. The number of nitrogens with zero attached hydrogens (tertiary/aromatic N) is 1. The monoisotopic (exact) mass is 310 g/mol. The molecule has 2 aromatic rings. The van der Waals surface area contributed by atoms with E-state index >= 15 is 0 Å². The largest absolute Gasteiger partial charge is 0.493 e. The quantitative estimate of drug-likeness (QED) is 0.657. The third-order valence-corrected chi connectivity index (χ3v) is 3.47. The first kappa shape index (κ1) is 16.7. The summed E-state index contributed by atoms with van der Waals surface area (Å²) in [7, 11) is 0.